The first-order chi connectivity index (χ1) is 5.58. The van der Waals surface area contributed by atoms with Crippen LogP contribution in [0.1, 0.15) is 0 Å². The van der Waals surface area contributed by atoms with Crippen molar-refractivity contribution in [3.63, 3.8) is 0 Å². The Bertz CT molecular complexity index is 293. The first-order valence-electron chi connectivity index (χ1n) is 3.25. The van der Waals surface area contributed by atoms with Gasteiger partial charge in [-0.15, -0.1) is 8.78 Å². The average Bonchev–Trinajstić information content (AvgIpc) is 2.25. The first kappa shape index (κ1) is 7.42. The zero-order valence-electron chi connectivity index (χ0n) is 5.79. The number of ether oxygens (including phenoxy) is 2. The fraction of sp³-hybridized carbons (Fsp3) is 0.286. The Kier molecular flexibility index (Phi) is 1.32. The molecule has 0 aromatic heterocycles. The molecule has 0 spiro atoms. The Labute approximate surface area is 66.3 Å². The van der Waals surface area contributed by atoms with Crippen LogP contribution in [0.3, 0.4) is 0 Å². The number of ketones is 1. The molecule has 0 amide bonds. The molecular weight excluding hydrogens is 170 g/mol. The van der Waals surface area contributed by atoms with E-state index in [0.29, 0.717) is 0 Å². The van der Waals surface area contributed by atoms with E-state index in [-0.39, 0.29) is 5.76 Å². The highest BCUT2D eigenvalue weighted by atomic mass is 19.3. The van der Waals surface area contributed by atoms with Crippen molar-refractivity contribution in [2.75, 3.05) is 0 Å². The van der Waals surface area contributed by atoms with Gasteiger partial charge in [0.2, 0.25) is 0 Å². The second-order valence-electron chi connectivity index (χ2n) is 2.39. The van der Waals surface area contributed by atoms with Crippen molar-refractivity contribution in [3.05, 3.63) is 24.0 Å². The number of hydrogen-bond acceptors (Lipinski definition) is 3. The lowest BCUT2D eigenvalue weighted by molar-refractivity contribution is -0.339. The molecule has 64 valence electrons. The lowest BCUT2D eigenvalue weighted by atomic mass is 10.1. The number of rotatable bonds is 0. The predicted molar refractivity (Wildman–Crippen MR) is 33.1 cm³/mol. The minimum absolute atomic E-state index is 0.132. The molecule has 2 aliphatic rings. The van der Waals surface area contributed by atoms with Crippen LogP contribution in [-0.4, -0.2) is 18.2 Å². The zero-order valence-corrected chi connectivity index (χ0v) is 5.79. The van der Waals surface area contributed by atoms with Gasteiger partial charge in [-0.05, 0) is 12.2 Å². The quantitative estimate of drug-likeness (QED) is 0.549. The molecule has 1 atom stereocenters. The summed E-state index contributed by atoms with van der Waals surface area (Å²) in [5.41, 5.74) is 0. The van der Waals surface area contributed by atoms with Crippen LogP contribution in [0.25, 0.3) is 0 Å². The van der Waals surface area contributed by atoms with Gasteiger partial charge >= 0.3 is 6.29 Å². The third kappa shape index (κ3) is 1.02. The fourth-order valence-electron chi connectivity index (χ4n) is 1.05. The van der Waals surface area contributed by atoms with Crippen LogP contribution < -0.4 is 0 Å². The van der Waals surface area contributed by atoms with Crippen LogP contribution in [0.2, 0.25) is 0 Å². The average molecular weight is 174 g/mol. The molecule has 0 aromatic rings. The summed E-state index contributed by atoms with van der Waals surface area (Å²) in [5.74, 6) is -0.655. The van der Waals surface area contributed by atoms with E-state index in [1.54, 1.807) is 0 Å². The summed E-state index contributed by atoms with van der Waals surface area (Å²) in [6.45, 7) is 0. The molecule has 5 heteroatoms. The Balaban J connectivity index is 2.31. The van der Waals surface area contributed by atoms with Gasteiger partial charge in [-0.25, -0.2) is 0 Å². The molecule has 2 rings (SSSR count). The van der Waals surface area contributed by atoms with E-state index in [9.17, 15) is 13.6 Å². The van der Waals surface area contributed by atoms with Gasteiger partial charge in [0.1, 0.15) is 5.76 Å². The lowest BCUT2D eigenvalue weighted by Crippen LogP contribution is -2.24. The van der Waals surface area contributed by atoms with Crippen LogP contribution in [0, 0.1) is 0 Å². The smallest absolute Gasteiger partial charge is 0.411 e. The van der Waals surface area contributed by atoms with Crippen molar-refractivity contribution in [3.8, 4) is 0 Å². The van der Waals surface area contributed by atoms with Gasteiger partial charge in [-0.3, -0.25) is 9.53 Å². The maximum Gasteiger partial charge on any atom is 0.536 e. The van der Waals surface area contributed by atoms with Crippen LogP contribution in [-0.2, 0) is 14.3 Å². The molecule has 0 N–H and O–H groups in total. The summed E-state index contributed by atoms with van der Waals surface area (Å²) < 4.78 is 32.8. The molecule has 1 heterocycles. The number of allylic oxidation sites excluding steroid dienone is 2. The second kappa shape index (κ2) is 2.13. The number of alkyl halides is 2. The number of fused-ring (bicyclic) bond motifs is 1. The Morgan fingerprint density at radius 1 is 1.50 bits per heavy atom. The zero-order chi connectivity index (χ0) is 8.77. The van der Waals surface area contributed by atoms with Crippen molar-refractivity contribution in [2.45, 2.75) is 12.4 Å². The van der Waals surface area contributed by atoms with E-state index >= 15 is 0 Å². The van der Waals surface area contributed by atoms with Crippen molar-refractivity contribution in [1.29, 1.82) is 0 Å². The van der Waals surface area contributed by atoms with E-state index in [4.69, 9.17) is 0 Å². The minimum atomic E-state index is -3.67. The third-order valence-corrected chi connectivity index (χ3v) is 1.53. The second-order valence-corrected chi connectivity index (χ2v) is 2.39. The van der Waals surface area contributed by atoms with Crippen LogP contribution in [0.4, 0.5) is 8.78 Å². The van der Waals surface area contributed by atoms with E-state index in [2.05, 4.69) is 9.47 Å². The Morgan fingerprint density at radius 2 is 2.25 bits per heavy atom. The molecule has 1 fully saturated rings. The van der Waals surface area contributed by atoms with Crippen molar-refractivity contribution >= 4 is 5.78 Å². The molecule has 1 saturated heterocycles. The number of carbonyl (C=O) groups is 1. The molecule has 3 nitrogen and oxygen atoms in total. The summed E-state index contributed by atoms with van der Waals surface area (Å²) in [6, 6.07) is 0. The summed E-state index contributed by atoms with van der Waals surface area (Å²) >= 11 is 0. The van der Waals surface area contributed by atoms with Crippen LogP contribution in [0.5, 0.6) is 0 Å². The summed E-state index contributed by atoms with van der Waals surface area (Å²) in [6.07, 6.45) is -1.13. The van der Waals surface area contributed by atoms with Gasteiger partial charge in [-0.2, -0.15) is 0 Å². The van der Waals surface area contributed by atoms with Gasteiger partial charge < -0.3 is 4.74 Å². The van der Waals surface area contributed by atoms with Gasteiger partial charge in [0, 0.05) is 0 Å². The summed E-state index contributed by atoms with van der Waals surface area (Å²) in [5, 5.41) is 0. The standard InChI is InChI=1S/C7H4F2O3/c8-7(9)11-5-3-1-2-4(10)6(5)12-7/h1-3,6H. The molecule has 0 saturated carbocycles. The monoisotopic (exact) mass is 174 g/mol. The SMILES string of the molecule is O=C1C=CC=C2OC(F)(F)OC12. The Morgan fingerprint density at radius 3 is 2.92 bits per heavy atom. The van der Waals surface area contributed by atoms with E-state index in [0.717, 1.165) is 0 Å². The molecule has 1 unspecified atom stereocenters. The largest absolute Gasteiger partial charge is 0.536 e. The number of hydrogen-bond donors (Lipinski definition) is 0. The van der Waals surface area contributed by atoms with Crippen molar-refractivity contribution < 1.29 is 23.0 Å². The van der Waals surface area contributed by atoms with Gasteiger partial charge in [0.25, 0.3) is 0 Å². The predicted octanol–water partition coefficient (Wildman–Crippen LogP) is 0.975. The van der Waals surface area contributed by atoms with Crippen LogP contribution >= 0.6 is 0 Å². The third-order valence-electron chi connectivity index (χ3n) is 1.53. The maximum absolute atomic E-state index is 12.4. The van der Waals surface area contributed by atoms with Crippen molar-refractivity contribution in [1.82, 2.24) is 0 Å². The first-order valence-corrected chi connectivity index (χ1v) is 3.25. The Hall–Kier alpha value is -1.23. The fourth-order valence-corrected chi connectivity index (χ4v) is 1.05. The molecule has 1 aliphatic carbocycles. The van der Waals surface area contributed by atoms with E-state index in [1.807, 2.05) is 0 Å². The molecule has 12 heavy (non-hydrogen) atoms. The summed E-state index contributed by atoms with van der Waals surface area (Å²) in [4.78, 5) is 10.9. The number of halogens is 2. The van der Waals surface area contributed by atoms with E-state index in [1.165, 1.54) is 18.2 Å². The highest BCUT2D eigenvalue weighted by molar-refractivity contribution is 5.97. The molecule has 1 aliphatic heterocycles. The van der Waals surface area contributed by atoms with Gasteiger partial charge in [0.15, 0.2) is 11.9 Å². The molecule has 0 bridgehead atoms. The summed E-state index contributed by atoms with van der Waals surface area (Å²) in [7, 11) is 0. The molecular formula is C7H4F2O3. The van der Waals surface area contributed by atoms with Gasteiger partial charge in [0.05, 0.1) is 0 Å². The van der Waals surface area contributed by atoms with Crippen LogP contribution in [0.15, 0.2) is 24.0 Å². The van der Waals surface area contributed by atoms with Gasteiger partial charge in [-0.1, -0.05) is 6.08 Å². The maximum atomic E-state index is 12.4. The lowest BCUT2D eigenvalue weighted by Gasteiger charge is -2.05. The molecule has 0 aromatic carbocycles. The van der Waals surface area contributed by atoms with Crippen molar-refractivity contribution in [2.24, 2.45) is 0 Å². The van der Waals surface area contributed by atoms with E-state index < -0.39 is 18.2 Å². The highest BCUT2D eigenvalue weighted by Crippen LogP contribution is 2.35. The minimum Gasteiger partial charge on any atom is -0.411 e. The molecule has 0 radical (unpaired) electrons. The number of carbonyl (C=O) groups excluding carboxylic acids is 1. The topological polar surface area (TPSA) is 35.5 Å². The normalized spacial score (nSPS) is 31.0. The highest BCUT2D eigenvalue weighted by Gasteiger charge is 2.50.